The van der Waals surface area contributed by atoms with E-state index in [1.807, 2.05) is 50.2 Å². The van der Waals surface area contributed by atoms with Crippen LogP contribution in [0.3, 0.4) is 0 Å². The normalized spacial score (nSPS) is 11.6. The molecule has 26 heavy (non-hydrogen) atoms. The number of carbonyl (C=O) groups excluding carboxylic acids is 1. The van der Waals surface area contributed by atoms with E-state index in [0.717, 1.165) is 37.7 Å². The topological polar surface area (TPSA) is 51.5 Å². The van der Waals surface area contributed by atoms with Gasteiger partial charge >= 0.3 is 0 Å². The fourth-order valence-corrected chi connectivity index (χ4v) is 3.31. The summed E-state index contributed by atoms with van der Waals surface area (Å²) >= 11 is 3.51. The lowest BCUT2D eigenvalue weighted by atomic mass is 9.99. The Morgan fingerprint density at radius 3 is 2.81 bits per heavy atom. The van der Waals surface area contributed by atoms with Crippen LogP contribution in [0.15, 0.2) is 57.6 Å². The molecule has 1 aromatic heterocycles. The second kappa shape index (κ2) is 7.79. The fourth-order valence-electron chi connectivity index (χ4n) is 2.91. The molecule has 4 nitrogen and oxygen atoms in total. The Morgan fingerprint density at radius 1 is 1.31 bits per heavy atom. The van der Waals surface area contributed by atoms with E-state index in [1.54, 1.807) is 19.4 Å². The van der Waals surface area contributed by atoms with Crippen LogP contribution in [0.4, 0.5) is 0 Å². The molecule has 2 aromatic carbocycles. The molecule has 134 valence electrons. The number of likely N-dealkylation sites (N-methyl/N-ethyl adjacent to an activating group) is 1. The zero-order chi connectivity index (χ0) is 18.7. The summed E-state index contributed by atoms with van der Waals surface area (Å²) in [5, 5.41) is 3.75. The molecule has 0 unspecified atom stereocenters. The van der Waals surface area contributed by atoms with Gasteiger partial charge in [0.15, 0.2) is 0 Å². The van der Waals surface area contributed by atoms with Crippen LogP contribution >= 0.6 is 15.9 Å². The number of fused-ring (bicyclic) bond motifs is 1. The third-order valence-corrected chi connectivity index (χ3v) is 4.65. The van der Waals surface area contributed by atoms with Crippen molar-refractivity contribution in [1.82, 2.24) is 5.32 Å². The monoisotopic (exact) mass is 413 g/mol. The van der Waals surface area contributed by atoms with E-state index < -0.39 is 0 Å². The second-order valence-electron chi connectivity index (χ2n) is 5.93. The molecule has 0 aliphatic heterocycles. The molecule has 0 fully saturated rings. The molecule has 0 saturated carbocycles. The van der Waals surface area contributed by atoms with Crippen LogP contribution in [0, 0.1) is 0 Å². The van der Waals surface area contributed by atoms with Gasteiger partial charge in [-0.05, 0) is 43.2 Å². The Labute approximate surface area is 161 Å². The third kappa shape index (κ3) is 3.68. The molecule has 1 N–H and O–H groups in total. The van der Waals surface area contributed by atoms with Crippen LogP contribution in [0.25, 0.3) is 27.7 Å². The molecule has 3 rings (SSSR count). The average molecular weight is 414 g/mol. The number of halogens is 1. The van der Waals surface area contributed by atoms with E-state index in [4.69, 9.17) is 9.15 Å². The molecule has 0 saturated heterocycles. The van der Waals surface area contributed by atoms with Crippen LogP contribution < -0.4 is 10.1 Å². The number of rotatable bonds is 5. The van der Waals surface area contributed by atoms with Gasteiger partial charge in [-0.15, -0.1) is 0 Å². The third-order valence-electron chi connectivity index (χ3n) is 4.15. The van der Waals surface area contributed by atoms with Crippen molar-refractivity contribution in [3.05, 3.63) is 58.8 Å². The van der Waals surface area contributed by atoms with Gasteiger partial charge in [-0.1, -0.05) is 28.1 Å². The molecule has 0 bridgehead atoms. The van der Waals surface area contributed by atoms with Gasteiger partial charge < -0.3 is 14.5 Å². The Balaban J connectivity index is 2.14. The number of hydrogen-bond acceptors (Lipinski definition) is 3. The lowest BCUT2D eigenvalue weighted by Gasteiger charge is -2.10. The van der Waals surface area contributed by atoms with Gasteiger partial charge in [0, 0.05) is 39.7 Å². The van der Waals surface area contributed by atoms with E-state index in [0.29, 0.717) is 12.3 Å². The first-order valence-corrected chi connectivity index (χ1v) is 9.14. The molecule has 1 heterocycles. The molecule has 3 aromatic rings. The maximum absolute atomic E-state index is 11.9. The highest BCUT2D eigenvalue weighted by Crippen LogP contribution is 2.37. The number of ether oxygens (including phenoxy) is 1. The van der Waals surface area contributed by atoms with Gasteiger partial charge in [-0.2, -0.15) is 0 Å². The van der Waals surface area contributed by atoms with Gasteiger partial charge in [-0.3, -0.25) is 4.79 Å². The van der Waals surface area contributed by atoms with Crippen molar-refractivity contribution in [1.29, 1.82) is 0 Å². The minimum atomic E-state index is -0.119. The van der Waals surface area contributed by atoms with Crippen molar-refractivity contribution >= 4 is 38.4 Å². The van der Waals surface area contributed by atoms with Crippen molar-refractivity contribution in [3.63, 3.8) is 0 Å². The Morgan fingerprint density at radius 2 is 2.12 bits per heavy atom. The summed E-state index contributed by atoms with van der Waals surface area (Å²) in [4.78, 5) is 11.9. The molecule has 0 atom stereocenters. The lowest BCUT2D eigenvalue weighted by molar-refractivity contribution is -0.116. The van der Waals surface area contributed by atoms with Crippen LogP contribution in [0.5, 0.6) is 5.75 Å². The SMILES string of the molecule is CCNC(=O)/C=C(\C)c1cc2c(-c3cccc(Br)c3)coc2cc1OC. The smallest absolute Gasteiger partial charge is 0.244 e. The number of carbonyl (C=O) groups is 1. The van der Waals surface area contributed by atoms with Gasteiger partial charge in [0.25, 0.3) is 0 Å². The summed E-state index contributed by atoms with van der Waals surface area (Å²) in [6.45, 7) is 4.38. The summed E-state index contributed by atoms with van der Waals surface area (Å²) < 4.78 is 12.3. The van der Waals surface area contributed by atoms with Crippen molar-refractivity contribution in [2.24, 2.45) is 0 Å². The highest BCUT2D eigenvalue weighted by Gasteiger charge is 2.15. The number of amides is 1. The molecular formula is C21H20BrNO3. The van der Waals surface area contributed by atoms with E-state index in [-0.39, 0.29) is 5.91 Å². The van der Waals surface area contributed by atoms with Crippen LogP contribution in [0.1, 0.15) is 19.4 Å². The quantitative estimate of drug-likeness (QED) is 0.568. The first-order valence-electron chi connectivity index (χ1n) is 8.35. The number of nitrogens with one attached hydrogen (secondary N) is 1. The highest BCUT2D eigenvalue weighted by molar-refractivity contribution is 9.10. The van der Waals surface area contributed by atoms with Crippen molar-refractivity contribution in [3.8, 4) is 16.9 Å². The predicted octanol–water partition coefficient (Wildman–Crippen LogP) is 5.41. The van der Waals surface area contributed by atoms with Gasteiger partial charge in [0.2, 0.25) is 5.91 Å². The second-order valence-corrected chi connectivity index (χ2v) is 6.85. The number of hydrogen-bond donors (Lipinski definition) is 1. The maximum atomic E-state index is 11.9. The molecule has 5 heteroatoms. The zero-order valence-corrected chi connectivity index (χ0v) is 16.5. The van der Waals surface area contributed by atoms with Crippen molar-refractivity contribution in [2.75, 3.05) is 13.7 Å². The molecule has 0 aliphatic carbocycles. The van der Waals surface area contributed by atoms with E-state index >= 15 is 0 Å². The summed E-state index contributed by atoms with van der Waals surface area (Å²) in [7, 11) is 1.61. The standard InChI is InChI=1S/C21H20BrNO3/c1-4-23-21(24)8-13(2)16-10-17-18(14-6-5-7-15(22)9-14)12-26-20(17)11-19(16)25-3/h5-12H,4H2,1-3H3,(H,23,24)/b13-8+. The molecule has 0 spiro atoms. The Kier molecular flexibility index (Phi) is 5.47. The average Bonchev–Trinajstić information content (AvgIpc) is 3.03. The number of furan rings is 1. The minimum Gasteiger partial charge on any atom is -0.496 e. The Hall–Kier alpha value is -2.53. The van der Waals surface area contributed by atoms with E-state index in [1.165, 1.54) is 0 Å². The summed E-state index contributed by atoms with van der Waals surface area (Å²) in [6.07, 6.45) is 3.34. The maximum Gasteiger partial charge on any atom is 0.244 e. The first kappa shape index (κ1) is 18.3. The van der Waals surface area contributed by atoms with Crippen LogP contribution in [0.2, 0.25) is 0 Å². The first-order chi connectivity index (χ1) is 12.5. The molecule has 0 aliphatic rings. The number of allylic oxidation sites excluding steroid dienone is 1. The number of methoxy groups -OCH3 is 1. The van der Waals surface area contributed by atoms with Gasteiger partial charge in [0.1, 0.15) is 11.3 Å². The van der Waals surface area contributed by atoms with Crippen molar-refractivity contribution < 1.29 is 13.9 Å². The Bertz CT molecular complexity index is 988. The van der Waals surface area contributed by atoms with E-state index in [2.05, 4.69) is 21.2 Å². The van der Waals surface area contributed by atoms with E-state index in [9.17, 15) is 4.79 Å². The fraction of sp³-hybridized carbons (Fsp3) is 0.190. The minimum absolute atomic E-state index is 0.119. The summed E-state index contributed by atoms with van der Waals surface area (Å²) in [5.41, 5.74) is 4.49. The van der Waals surface area contributed by atoms with Crippen LogP contribution in [-0.4, -0.2) is 19.6 Å². The highest BCUT2D eigenvalue weighted by atomic mass is 79.9. The lowest BCUT2D eigenvalue weighted by Crippen LogP contribution is -2.20. The molecule has 0 radical (unpaired) electrons. The predicted molar refractivity (Wildman–Crippen MR) is 108 cm³/mol. The number of benzene rings is 2. The van der Waals surface area contributed by atoms with Gasteiger partial charge in [0.05, 0.1) is 13.4 Å². The molecule has 1 amide bonds. The zero-order valence-electron chi connectivity index (χ0n) is 14.9. The van der Waals surface area contributed by atoms with Crippen LogP contribution in [-0.2, 0) is 4.79 Å². The summed E-state index contributed by atoms with van der Waals surface area (Å²) in [6, 6.07) is 11.9. The van der Waals surface area contributed by atoms with Gasteiger partial charge in [-0.25, -0.2) is 0 Å². The molecular weight excluding hydrogens is 394 g/mol. The summed E-state index contributed by atoms with van der Waals surface area (Å²) in [5.74, 6) is 0.553. The largest absolute Gasteiger partial charge is 0.496 e. The van der Waals surface area contributed by atoms with Crippen molar-refractivity contribution in [2.45, 2.75) is 13.8 Å².